The number of fused-ring (bicyclic) bond motifs is 1. The summed E-state index contributed by atoms with van der Waals surface area (Å²) in [7, 11) is 1.37. The molecule has 1 aromatic carbocycles. The first-order valence-electron chi connectivity index (χ1n) is 14.1. The van der Waals surface area contributed by atoms with E-state index in [4.69, 9.17) is 9.47 Å². The fourth-order valence-corrected chi connectivity index (χ4v) is 6.69. The van der Waals surface area contributed by atoms with Gasteiger partial charge in [-0.25, -0.2) is 23.1 Å². The van der Waals surface area contributed by atoms with E-state index in [1.54, 1.807) is 13.8 Å². The lowest BCUT2D eigenvalue weighted by Gasteiger charge is -2.38. The number of methoxy groups -OCH3 is 1. The van der Waals surface area contributed by atoms with Gasteiger partial charge >= 0.3 is 12.2 Å². The Morgan fingerprint density at radius 2 is 1.82 bits per heavy atom. The highest BCUT2D eigenvalue weighted by Gasteiger charge is 2.50. The zero-order valence-corrected chi connectivity index (χ0v) is 26.8. The molecular weight excluding hydrogens is 623 g/mol. The van der Waals surface area contributed by atoms with Gasteiger partial charge in [0.2, 0.25) is 0 Å². The monoisotopic (exact) mass is 660 g/mol. The number of ether oxygens (including phenoxy) is 2. The molecule has 4 rings (SSSR count). The van der Waals surface area contributed by atoms with E-state index in [1.807, 2.05) is 19.1 Å². The topological polar surface area (TPSA) is 116 Å². The predicted molar refractivity (Wildman–Crippen MR) is 156 cm³/mol. The summed E-state index contributed by atoms with van der Waals surface area (Å²) in [5, 5.41) is 6.50. The number of amides is 2. The van der Waals surface area contributed by atoms with Crippen molar-refractivity contribution in [1.82, 2.24) is 29.5 Å². The minimum atomic E-state index is -4.70. The lowest BCUT2D eigenvalue weighted by molar-refractivity contribution is -0.277. The van der Waals surface area contributed by atoms with Gasteiger partial charge in [-0.1, -0.05) is 17.7 Å². The van der Waals surface area contributed by atoms with Crippen molar-refractivity contribution in [2.45, 2.75) is 82.3 Å². The first kappa shape index (κ1) is 34.8. The second kappa shape index (κ2) is 13.0. The quantitative estimate of drug-likeness (QED) is 0.217. The Bertz CT molecular complexity index is 1510. The molecule has 1 saturated heterocycles. The second-order valence-corrected chi connectivity index (χ2v) is 13.0. The number of rotatable bonds is 11. The van der Waals surface area contributed by atoms with Gasteiger partial charge in [0.05, 0.1) is 61.3 Å². The van der Waals surface area contributed by atoms with E-state index < -0.39 is 66.4 Å². The fraction of sp³-hybridized carbons (Fsp3) is 0.552. The molecule has 1 aliphatic heterocycles. The smallest absolute Gasteiger partial charge is 0.416 e. The molecule has 0 saturated carbocycles. The van der Waals surface area contributed by atoms with Crippen molar-refractivity contribution in [2.75, 3.05) is 26.8 Å². The summed E-state index contributed by atoms with van der Waals surface area (Å²) in [4.78, 5) is 18.5. The van der Waals surface area contributed by atoms with Crippen LogP contribution in [0.3, 0.4) is 0 Å². The Morgan fingerprint density at radius 3 is 2.42 bits per heavy atom. The Morgan fingerprint density at radius 1 is 1.18 bits per heavy atom. The summed E-state index contributed by atoms with van der Waals surface area (Å²) in [5.41, 5.74) is 0.611. The number of carbonyl (C=O) groups excluding carboxylic acids is 1. The van der Waals surface area contributed by atoms with Crippen LogP contribution in [0.25, 0.3) is 5.65 Å². The number of nitrogens with zero attached hydrogens (tertiary/aromatic N) is 4. The SMILES string of the molecule is COC[C@H](c1cnn2cc([C@@H](N[S+]([O-])c3c(C)cc(C)cc3C)C(C)OC(C)(C)C(F)(F)F)nc2c1)N1CC(F)(F)CNC1=O. The van der Waals surface area contributed by atoms with E-state index in [0.29, 0.717) is 10.5 Å². The van der Waals surface area contributed by atoms with Crippen molar-refractivity contribution >= 4 is 23.0 Å². The molecule has 248 valence electrons. The molecule has 0 radical (unpaired) electrons. The van der Waals surface area contributed by atoms with E-state index >= 15 is 0 Å². The first-order chi connectivity index (χ1) is 20.8. The van der Waals surface area contributed by atoms with E-state index in [1.165, 1.54) is 37.0 Å². The van der Waals surface area contributed by atoms with E-state index in [0.717, 1.165) is 35.4 Å². The van der Waals surface area contributed by atoms with Gasteiger partial charge in [-0.15, -0.1) is 4.72 Å². The van der Waals surface area contributed by atoms with Crippen molar-refractivity contribution in [3.05, 3.63) is 58.5 Å². The summed E-state index contributed by atoms with van der Waals surface area (Å²) in [5.74, 6) is -3.17. The zero-order valence-electron chi connectivity index (χ0n) is 26.0. The highest BCUT2D eigenvalue weighted by Crippen LogP contribution is 2.37. The van der Waals surface area contributed by atoms with Crippen LogP contribution in [-0.2, 0) is 20.8 Å². The molecule has 0 aliphatic carbocycles. The predicted octanol–water partition coefficient (Wildman–Crippen LogP) is 5.10. The standard InChI is InChI=1S/C29H37F5N6O4S/c1-16-8-17(2)25(18(3)9-16)45(42)38-24(19(4)44-27(5,6)29(32,33)34)21-12-40-23(37-21)10-20(11-36-40)22(13-43-7)39-15-28(30,31)14-35-26(39)41/h8-12,19,22,24,38H,13-15H2,1-7H3,(H,35,41)/t19?,22-,24+,45?/m1/s1. The number of aromatic nitrogens is 3. The minimum absolute atomic E-state index is 0.120. The van der Waals surface area contributed by atoms with E-state index in [9.17, 15) is 31.3 Å². The summed E-state index contributed by atoms with van der Waals surface area (Å²) in [6, 6.07) is 2.48. The molecule has 0 bridgehead atoms. The summed E-state index contributed by atoms with van der Waals surface area (Å²) in [6.07, 6.45) is -3.06. The molecule has 2 N–H and O–H groups in total. The summed E-state index contributed by atoms with van der Waals surface area (Å²) >= 11 is -1.89. The number of hydrogen-bond donors (Lipinski definition) is 2. The number of hydrogen-bond acceptors (Lipinski definition) is 7. The molecule has 10 nitrogen and oxygen atoms in total. The molecule has 3 aromatic rings. The Balaban J connectivity index is 1.73. The Labute approximate surface area is 261 Å². The Hall–Kier alpha value is -3.05. The molecule has 0 spiro atoms. The van der Waals surface area contributed by atoms with Crippen LogP contribution in [0.5, 0.6) is 0 Å². The van der Waals surface area contributed by atoms with Crippen LogP contribution in [0, 0.1) is 20.8 Å². The van der Waals surface area contributed by atoms with Crippen molar-refractivity contribution in [2.24, 2.45) is 0 Å². The van der Waals surface area contributed by atoms with Gasteiger partial charge in [0.15, 0.2) is 16.1 Å². The zero-order chi connectivity index (χ0) is 33.5. The number of alkyl halides is 5. The highest BCUT2D eigenvalue weighted by atomic mass is 32.2. The molecule has 1 aliphatic rings. The largest absolute Gasteiger partial charge is 0.593 e. The van der Waals surface area contributed by atoms with Gasteiger partial charge in [-0.2, -0.15) is 18.3 Å². The number of urea groups is 1. The maximum absolute atomic E-state index is 14.2. The van der Waals surface area contributed by atoms with Crippen LogP contribution in [0.1, 0.15) is 60.8 Å². The lowest BCUT2D eigenvalue weighted by atomic mass is 10.1. The minimum Gasteiger partial charge on any atom is -0.593 e. The van der Waals surface area contributed by atoms with Gasteiger partial charge < -0.3 is 24.2 Å². The van der Waals surface area contributed by atoms with Crippen LogP contribution >= 0.6 is 0 Å². The van der Waals surface area contributed by atoms with Gasteiger partial charge in [0.25, 0.3) is 5.92 Å². The Kier molecular flexibility index (Phi) is 10.0. The van der Waals surface area contributed by atoms with Crippen molar-refractivity contribution < 1.29 is 40.8 Å². The average Bonchev–Trinajstić information content (AvgIpc) is 3.33. The number of nitrogens with one attached hydrogen (secondary N) is 2. The van der Waals surface area contributed by atoms with Crippen LogP contribution in [0.15, 0.2) is 35.5 Å². The molecule has 1 fully saturated rings. The highest BCUT2D eigenvalue weighted by molar-refractivity contribution is 7.89. The van der Waals surface area contributed by atoms with Crippen LogP contribution in [-0.4, -0.2) is 80.7 Å². The number of halogens is 5. The molecule has 4 atom stereocenters. The van der Waals surface area contributed by atoms with Gasteiger partial charge in [-0.05, 0) is 47.6 Å². The number of imidazole rings is 1. The van der Waals surface area contributed by atoms with E-state index in [-0.39, 0.29) is 17.9 Å². The van der Waals surface area contributed by atoms with Crippen LogP contribution < -0.4 is 10.0 Å². The number of carbonyl (C=O) groups is 1. The summed E-state index contributed by atoms with van der Waals surface area (Å²) < 4.78 is 98.5. The van der Waals surface area contributed by atoms with Gasteiger partial charge in [0, 0.05) is 23.8 Å². The third-order valence-electron chi connectivity index (χ3n) is 7.58. The van der Waals surface area contributed by atoms with Gasteiger partial charge in [0.1, 0.15) is 6.04 Å². The first-order valence-corrected chi connectivity index (χ1v) is 15.3. The molecule has 2 unspecified atom stereocenters. The maximum Gasteiger partial charge on any atom is 0.416 e. The number of aryl methyl sites for hydroxylation is 3. The number of benzene rings is 1. The fourth-order valence-electron chi connectivity index (χ4n) is 5.33. The molecule has 3 heterocycles. The van der Waals surface area contributed by atoms with Crippen LogP contribution in [0.2, 0.25) is 0 Å². The summed E-state index contributed by atoms with van der Waals surface area (Å²) in [6.45, 7) is 6.97. The third kappa shape index (κ3) is 7.68. The average molecular weight is 661 g/mol. The van der Waals surface area contributed by atoms with Crippen molar-refractivity contribution in [1.29, 1.82) is 0 Å². The molecule has 16 heteroatoms. The molecule has 45 heavy (non-hydrogen) atoms. The normalized spacial score (nSPS) is 18.5. The maximum atomic E-state index is 14.2. The molecular formula is C29H37F5N6O4S. The molecule has 2 amide bonds. The van der Waals surface area contributed by atoms with Gasteiger partial charge in [-0.3, -0.25) is 0 Å². The molecule has 2 aromatic heterocycles. The lowest BCUT2D eigenvalue weighted by Crippen LogP contribution is -2.58. The van der Waals surface area contributed by atoms with Crippen molar-refractivity contribution in [3.63, 3.8) is 0 Å². The van der Waals surface area contributed by atoms with E-state index in [2.05, 4.69) is 20.1 Å². The third-order valence-corrected chi connectivity index (χ3v) is 9.06. The van der Waals surface area contributed by atoms with Crippen molar-refractivity contribution in [3.8, 4) is 0 Å². The second-order valence-electron chi connectivity index (χ2n) is 11.8. The van der Waals surface area contributed by atoms with Crippen LogP contribution in [0.4, 0.5) is 26.7 Å².